The Morgan fingerprint density at radius 3 is 2.77 bits per heavy atom. The van der Waals surface area contributed by atoms with Crippen molar-refractivity contribution in [3.8, 4) is 5.69 Å². The number of aryl methyl sites for hydroxylation is 2. The number of benzene rings is 1. The van der Waals surface area contributed by atoms with Gasteiger partial charge in [-0.25, -0.2) is 9.67 Å². The zero-order valence-corrected chi connectivity index (χ0v) is 17.9. The van der Waals surface area contributed by atoms with Crippen LogP contribution in [0.15, 0.2) is 46.6 Å². The Morgan fingerprint density at radius 2 is 2.06 bits per heavy atom. The van der Waals surface area contributed by atoms with Crippen LogP contribution in [-0.4, -0.2) is 25.7 Å². The van der Waals surface area contributed by atoms with Gasteiger partial charge in [0.1, 0.15) is 16.3 Å². The molecule has 0 spiro atoms. The molecule has 160 valence electrons. The van der Waals surface area contributed by atoms with E-state index in [9.17, 15) is 18.0 Å². The molecule has 4 rings (SSSR count). The molecule has 0 bridgehead atoms. The van der Waals surface area contributed by atoms with Gasteiger partial charge in [-0.3, -0.25) is 4.79 Å². The van der Waals surface area contributed by atoms with Crippen molar-refractivity contribution >= 4 is 39.4 Å². The van der Waals surface area contributed by atoms with Gasteiger partial charge < -0.3 is 0 Å². The minimum atomic E-state index is -4.49. The Labute approximate surface area is 183 Å². The number of thiophene rings is 1. The number of nitrogens with zero attached hydrogens (tertiary/aromatic N) is 5. The summed E-state index contributed by atoms with van der Waals surface area (Å²) >= 11 is 7.83. The predicted octanol–water partition coefficient (Wildman–Crippen LogP) is 5.07. The highest BCUT2D eigenvalue weighted by molar-refractivity contribution is 7.18. The van der Waals surface area contributed by atoms with Gasteiger partial charge in [0, 0.05) is 4.88 Å². The van der Waals surface area contributed by atoms with Crippen LogP contribution in [-0.2, 0) is 12.6 Å². The first-order valence-electron chi connectivity index (χ1n) is 9.16. The molecule has 1 aromatic carbocycles. The molecule has 0 fully saturated rings. The first-order chi connectivity index (χ1) is 14.7. The molecule has 3 aromatic heterocycles. The van der Waals surface area contributed by atoms with Crippen LogP contribution >= 0.6 is 22.9 Å². The summed E-state index contributed by atoms with van der Waals surface area (Å²) in [5.41, 5.74) is -0.148. The van der Waals surface area contributed by atoms with E-state index in [0.717, 1.165) is 28.1 Å². The molecule has 3 heterocycles. The molecule has 0 atom stereocenters. The minimum Gasteiger partial charge on any atom is -0.267 e. The van der Waals surface area contributed by atoms with Gasteiger partial charge in [0.15, 0.2) is 0 Å². The van der Waals surface area contributed by atoms with E-state index in [1.165, 1.54) is 40.7 Å². The van der Waals surface area contributed by atoms with Crippen molar-refractivity contribution in [2.75, 3.05) is 0 Å². The highest BCUT2D eigenvalue weighted by Gasteiger charge is 2.30. The average molecular weight is 466 g/mol. The molecule has 0 radical (unpaired) electrons. The number of rotatable bonds is 4. The van der Waals surface area contributed by atoms with Crippen LogP contribution < -0.4 is 5.56 Å². The Kier molecular flexibility index (Phi) is 5.44. The minimum absolute atomic E-state index is 0.0754. The summed E-state index contributed by atoms with van der Waals surface area (Å²) in [6.07, 6.45) is -1.03. The van der Waals surface area contributed by atoms with Gasteiger partial charge in [0.05, 0.1) is 34.1 Å². The highest BCUT2D eigenvalue weighted by Crippen LogP contribution is 2.31. The number of alkyl halides is 3. The molecule has 0 saturated carbocycles. The quantitative estimate of drug-likeness (QED) is 0.395. The average Bonchev–Trinajstić information content (AvgIpc) is 3.28. The summed E-state index contributed by atoms with van der Waals surface area (Å²) < 4.78 is 41.4. The molecular weight excluding hydrogens is 451 g/mol. The first kappa shape index (κ1) is 21.3. The fourth-order valence-electron chi connectivity index (χ4n) is 2.98. The van der Waals surface area contributed by atoms with Gasteiger partial charge in [-0.2, -0.15) is 28.0 Å². The van der Waals surface area contributed by atoms with E-state index in [4.69, 9.17) is 11.6 Å². The zero-order chi connectivity index (χ0) is 22.3. The lowest BCUT2D eigenvalue weighted by Crippen LogP contribution is -2.16. The van der Waals surface area contributed by atoms with Gasteiger partial charge in [0.25, 0.3) is 5.56 Å². The van der Waals surface area contributed by atoms with Crippen molar-refractivity contribution in [1.29, 1.82) is 0 Å². The molecule has 0 aliphatic rings. The number of hydrogen-bond donors (Lipinski definition) is 0. The molecule has 0 N–H and O–H groups in total. The van der Waals surface area contributed by atoms with Crippen LogP contribution in [0.3, 0.4) is 0 Å². The van der Waals surface area contributed by atoms with E-state index in [1.807, 2.05) is 6.92 Å². The van der Waals surface area contributed by atoms with E-state index < -0.39 is 11.7 Å². The van der Waals surface area contributed by atoms with Crippen molar-refractivity contribution in [3.05, 3.63) is 73.9 Å². The van der Waals surface area contributed by atoms with Crippen LogP contribution in [0.5, 0.6) is 0 Å². The Balaban J connectivity index is 1.72. The Morgan fingerprint density at radius 1 is 1.29 bits per heavy atom. The fraction of sp³-hybridized carbons (Fsp3) is 0.200. The molecule has 0 saturated heterocycles. The summed E-state index contributed by atoms with van der Waals surface area (Å²) in [6, 6.07) is 6.48. The first-order valence-corrected chi connectivity index (χ1v) is 10.4. The third kappa shape index (κ3) is 4.00. The number of hydrogen-bond acceptors (Lipinski definition) is 5. The molecule has 0 amide bonds. The number of fused-ring (bicyclic) bond motifs is 1. The molecule has 0 unspecified atom stereocenters. The highest BCUT2D eigenvalue weighted by atomic mass is 35.5. The molecule has 4 aromatic rings. The smallest absolute Gasteiger partial charge is 0.267 e. The summed E-state index contributed by atoms with van der Waals surface area (Å²) in [5, 5.41) is 8.93. The summed E-state index contributed by atoms with van der Waals surface area (Å²) in [5.74, 6) is 0. The van der Waals surface area contributed by atoms with Crippen molar-refractivity contribution in [2.45, 2.75) is 26.4 Å². The summed E-state index contributed by atoms with van der Waals surface area (Å²) in [6.45, 7) is 3.64. The van der Waals surface area contributed by atoms with Crippen molar-refractivity contribution in [1.82, 2.24) is 19.4 Å². The van der Waals surface area contributed by atoms with E-state index in [1.54, 1.807) is 13.0 Å². The largest absolute Gasteiger partial charge is 0.416 e. The lowest BCUT2D eigenvalue weighted by Gasteiger charge is -2.09. The van der Waals surface area contributed by atoms with E-state index in [0.29, 0.717) is 21.5 Å². The van der Waals surface area contributed by atoms with Crippen LogP contribution in [0.25, 0.3) is 15.9 Å². The van der Waals surface area contributed by atoms with Gasteiger partial charge in [0.2, 0.25) is 0 Å². The van der Waals surface area contributed by atoms with E-state index in [-0.39, 0.29) is 16.4 Å². The van der Waals surface area contributed by atoms with Gasteiger partial charge >= 0.3 is 6.18 Å². The van der Waals surface area contributed by atoms with Crippen molar-refractivity contribution < 1.29 is 13.2 Å². The third-order valence-electron chi connectivity index (χ3n) is 4.61. The standard InChI is InChI=1S/C20H15ClF3N5OS/c1-3-14-8-15-18(31-14)25-10-28(19(15)30)26-9-16-11(2)27-29(17(16)21)13-6-4-5-12(7-13)20(22,23)24/h4-10H,3H2,1-2H3/b26-9-. The second kappa shape index (κ2) is 7.93. The van der Waals surface area contributed by atoms with Gasteiger partial charge in [-0.1, -0.05) is 24.6 Å². The second-order valence-corrected chi connectivity index (χ2v) is 8.15. The van der Waals surface area contributed by atoms with Crippen LogP contribution in [0.1, 0.15) is 28.6 Å². The zero-order valence-electron chi connectivity index (χ0n) is 16.3. The van der Waals surface area contributed by atoms with Crippen LogP contribution in [0, 0.1) is 6.92 Å². The van der Waals surface area contributed by atoms with Gasteiger partial charge in [-0.15, -0.1) is 11.3 Å². The second-order valence-electron chi connectivity index (χ2n) is 6.67. The van der Waals surface area contributed by atoms with Gasteiger partial charge in [-0.05, 0) is 37.6 Å². The molecule has 11 heteroatoms. The van der Waals surface area contributed by atoms with Crippen molar-refractivity contribution in [3.63, 3.8) is 0 Å². The lowest BCUT2D eigenvalue weighted by atomic mass is 10.2. The number of halogens is 4. The molecule has 0 aliphatic heterocycles. The third-order valence-corrected chi connectivity index (χ3v) is 6.16. The molecule has 6 nitrogen and oxygen atoms in total. The SMILES string of the molecule is CCc1cc2c(=O)n(/N=C\c3c(C)nn(-c4cccc(C(F)(F)F)c4)c3Cl)cnc2s1. The maximum atomic E-state index is 13.0. The van der Waals surface area contributed by atoms with Crippen molar-refractivity contribution in [2.24, 2.45) is 5.10 Å². The molecule has 31 heavy (non-hydrogen) atoms. The molecule has 0 aliphatic carbocycles. The monoisotopic (exact) mass is 465 g/mol. The maximum Gasteiger partial charge on any atom is 0.416 e. The topological polar surface area (TPSA) is 65.1 Å². The summed E-state index contributed by atoms with van der Waals surface area (Å²) in [7, 11) is 0. The van der Waals surface area contributed by atoms with E-state index >= 15 is 0 Å². The lowest BCUT2D eigenvalue weighted by molar-refractivity contribution is -0.137. The van der Waals surface area contributed by atoms with E-state index in [2.05, 4.69) is 15.2 Å². The Bertz CT molecular complexity index is 1370. The normalized spacial score (nSPS) is 12.3. The summed E-state index contributed by atoms with van der Waals surface area (Å²) in [4.78, 5) is 18.6. The maximum absolute atomic E-state index is 13.0. The fourth-order valence-corrected chi connectivity index (χ4v) is 4.23. The van der Waals surface area contributed by atoms with Crippen LogP contribution in [0.2, 0.25) is 5.15 Å². The number of aromatic nitrogens is 4. The predicted molar refractivity (Wildman–Crippen MR) is 115 cm³/mol. The van der Waals surface area contributed by atoms with Crippen LogP contribution in [0.4, 0.5) is 13.2 Å². The molecular formula is C20H15ClF3N5OS. The Hall–Kier alpha value is -2.98.